The van der Waals surface area contributed by atoms with Crippen molar-refractivity contribution < 1.29 is 8.42 Å². The van der Waals surface area contributed by atoms with E-state index in [0.717, 1.165) is 18.4 Å². The van der Waals surface area contributed by atoms with Crippen LogP contribution in [0.5, 0.6) is 0 Å². The molecule has 1 saturated carbocycles. The van der Waals surface area contributed by atoms with Crippen LogP contribution in [0, 0.1) is 5.92 Å². The highest BCUT2D eigenvalue weighted by Gasteiger charge is 2.21. The average molecular weight is 255 g/mol. The topological polar surface area (TPSA) is 85.1 Å². The first-order valence-corrected chi connectivity index (χ1v) is 7.25. The number of hydrogen-bond donors (Lipinski definition) is 2. The second-order valence-electron chi connectivity index (χ2n) is 4.36. The van der Waals surface area contributed by atoms with Gasteiger partial charge in [0, 0.05) is 19.3 Å². The number of nitrogens with zero attached hydrogens (tertiary/aromatic N) is 1. The standard InChI is InChI=1S/C11H17N3O2S/c12-6-10-4-5-11(13-7-10)17(15,16)14-8-9-2-1-3-9/h4-5,7,9,14H,1-3,6,8,12H2. The lowest BCUT2D eigenvalue weighted by Gasteiger charge is -2.25. The molecule has 0 aliphatic heterocycles. The van der Waals surface area contributed by atoms with Crippen molar-refractivity contribution in [2.75, 3.05) is 6.54 Å². The van der Waals surface area contributed by atoms with Crippen molar-refractivity contribution >= 4 is 10.0 Å². The van der Waals surface area contributed by atoms with E-state index in [9.17, 15) is 8.42 Å². The predicted octanol–water partition coefficient (Wildman–Crippen LogP) is 0.619. The quantitative estimate of drug-likeness (QED) is 0.807. The highest BCUT2D eigenvalue weighted by molar-refractivity contribution is 7.89. The molecular formula is C11H17N3O2S. The zero-order chi connectivity index (χ0) is 12.3. The SMILES string of the molecule is NCc1ccc(S(=O)(=O)NCC2CCC2)nc1. The van der Waals surface area contributed by atoms with Gasteiger partial charge in [-0.15, -0.1) is 0 Å². The first-order valence-electron chi connectivity index (χ1n) is 5.76. The van der Waals surface area contributed by atoms with Crippen LogP contribution in [0.4, 0.5) is 0 Å². The van der Waals surface area contributed by atoms with Crippen LogP contribution in [0.25, 0.3) is 0 Å². The molecule has 0 spiro atoms. The Kier molecular flexibility index (Phi) is 3.76. The molecule has 0 saturated heterocycles. The van der Waals surface area contributed by atoms with Crippen LogP contribution in [0.3, 0.4) is 0 Å². The molecule has 0 amide bonds. The minimum Gasteiger partial charge on any atom is -0.326 e. The monoisotopic (exact) mass is 255 g/mol. The van der Waals surface area contributed by atoms with Crippen LogP contribution >= 0.6 is 0 Å². The molecule has 2 rings (SSSR count). The van der Waals surface area contributed by atoms with Gasteiger partial charge in [0.1, 0.15) is 0 Å². The summed E-state index contributed by atoms with van der Waals surface area (Å²) in [6.07, 6.45) is 4.93. The zero-order valence-electron chi connectivity index (χ0n) is 9.59. The van der Waals surface area contributed by atoms with Gasteiger partial charge < -0.3 is 5.73 Å². The van der Waals surface area contributed by atoms with Crippen LogP contribution in [0.2, 0.25) is 0 Å². The Bertz CT molecular complexity index is 466. The highest BCUT2D eigenvalue weighted by atomic mass is 32.2. The van der Waals surface area contributed by atoms with Crippen LogP contribution < -0.4 is 10.5 Å². The summed E-state index contributed by atoms with van der Waals surface area (Å²) in [4.78, 5) is 3.91. The molecule has 0 radical (unpaired) electrons. The van der Waals surface area contributed by atoms with Gasteiger partial charge >= 0.3 is 0 Å². The predicted molar refractivity (Wildman–Crippen MR) is 64.7 cm³/mol. The summed E-state index contributed by atoms with van der Waals surface area (Å²) in [5.74, 6) is 0.494. The Morgan fingerprint density at radius 2 is 2.18 bits per heavy atom. The molecule has 0 bridgehead atoms. The van der Waals surface area contributed by atoms with Crippen molar-refractivity contribution in [1.82, 2.24) is 9.71 Å². The Morgan fingerprint density at radius 1 is 1.41 bits per heavy atom. The summed E-state index contributed by atoms with van der Waals surface area (Å²) >= 11 is 0. The van der Waals surface area contributed by atoms with Gasteiger partial charge in [-0.3, -0.25) is 0 Å². The van der Waals surface area contributed by atoms with E-state index < -0.39 is 10.0 Å². The number of nitrogens with two attached hydrogens (primary N) is 1. The van der Waals surface area contributed by atoms with Crippen LogP contribution in [-0.2, 0) is 16.6 Å². The van der Waals surface area contributed by atoms with E-state index in [2.05, 4.69) is 9.71 Å². The Hall–Kier alpha value is -0.980. The third kappa shape index (κ3) is 3.02. The van der Waals surface area contributed by atoms with Crippen molar-refractivity contribution in [3.63, 3.8) is 0 Å². The van der Waals surface area contributed by atoms with Crippen LogP contribution in [0.15, 0.2) is 23.4 Å². The molecule has 1 aliphatic carbocycles. The molecule has 1 heterocycles. The summed E-state index contributed by atoms with van der Waals surface area (Å²) in [5.41, 5.74) is 6.25. The van der Waals surface area contributed by atoms with E-state index >= 15 is 0 Å². The maximum absolute atomic E-state index is 11.9. The fourth-order valence-corrected chi connectivity index (χ4v) is 2.73. The third-order valence-electron chi connectivity index (χ3n) is 3.10. The fourth-order valence-electron chi connectivity index (χ4n) is 1.69. The van der Waals surface area contributed by atoms with Gasteiger partial charge in [0.25, 0.3) is 10.0 Å². The second-order valence-corrected chi connectivity index (χ2v) is 6.07. The van der Waals surface area contributed by atoms with E-state index in [0.29, 0.717) is 19.0 Å². The van der Waals surface area contributed by atoms with Gasteiger partial charge in [-0.05, 0) is 30.4 Å². The number of rotatable bonds is 5. The highest BCUT2D eigenvalue weighted by Crippen LogP contribution is 2.25. The first kappa shape index (κ1) is 12.5. The zero-order valence-corrected chi connectivity index (χ0v) is 10.4. The molecule has 6 heteroatoms. The third-order valence-corrected chi connectivity index (χ3v) is 4.43. The molecular weight excluding hydrogens is 238 g/mol. The van der Waals surface area contributed by atoms with E-state index in [1.807, 2.05) is 0 Å². The second kappa shape index (κ2) is 5.12. The lowest BCUT2D eigenvalue weighted by atomic mass is 9.86. The molecule has 3 N–H and O–H groups in total. The molecule has 1 aromatic rings. The summed E-state index contributed by atoms with van der Waals surface area (Å²) < 4.78 is 26.3. The van der Waals surface area contributed by atoms with Gasteiger partial charge in [0.15, 0.2) is 5.03 Å². The van der Waals surface area contributed by atoms with Gasteiger partial charge in [0.05, 0.1) is 0 Å². The number of sulfonamides is 1. The Morgan fingerprint density at radius 3 is 2.65 bits per heavy atom. The van der Waals surface area contributed by atoms with E-state index in [4.69, 9.17) is 5.73 Å². The lowest BCUT2D eigenvalue weighted by molar-refractivity contribution is 0.316. The molecule has 1 aromatic heterocycles. The van der Waals surface area contributed by atoms with Gasteiger partial charge in [-0.25, -0.2) is 18.1 Å². The van der Waals surface area contributed by atoms with Crippen LogP contribution in [0.1, 0.15) is 24.8 Å². The summed E-state index contributed by atoms with van der Waals surface area (Å²) in [6, 6.07) is 3.18. The number of nitrogens with one attached hydrogen (secondary N) is 1. The minimum atomic E-state index is -3.46. The summed E-state index contributed by atoms with van der Waals surface area (Å²) in [7, 11) is -3.46. The molecule has 0 aromatic carbocycles. The van der Waals surface area contributed by atoms with Gasteiger partial charge in [0.2, 0.25) is 0 Å². The minimum absolute atomic E-state index is 0.0639. The maximum atomic E-state index is 11.9. The van der Waals surface area contributed by atoms with Crippen molar-refractivity contribution in [3.05, 3.63) is 23.9 Å². The number of hydrogen-bond acceptors (Lipinski definition) is 4. The smallest absolute Gasteiger partial charge is 0.258 e. The van der Waals surface area contributed by atoms with Crippen LogP contribution in [-0.4, -0.2) is 19.9 Å². The fraction of sp³-hybridized carbons (Fsp3) is 0.545. The largest absolute Gasteiger partial charge is 0.326 e. The summed E-state index contributed by atoms with van der Waals surface area (Å²) in [5, 5.41) is 0.0639. The maximum Gasteiger partial charge on any atom is 0.258 e. The first-order chi connectivity index (χ1) is 8.12. The van der Waals surface area contributed by atoms with Crippen molar-refractivity contribution in [1.29, 1.82) is 0 Å². The molecule has 5 nitrogen and oxygen atoms in total. The molecule has 0 unspecified atom stereocenters. The average Bonchev–Trinajstić information content (AvgIpc) is 2.27. The van der Waals surface area contributed by atoms with Crippen molar-refractivity contribution in [2.45, 2.75) is 30.8 Å². The van der Waals surface area contributed by atoms with Crippen molar-refractivity contribution in [2.24, 2.45) is 11.7 Å². The molecule has 1 aliphatic rings. The van der Waals surface area contributed by atoms with E-state index in [-0.39, 0.29) is 5.03 Å². The number of pyridine rings is 1. The molecule has 17 heavy (non-hydrogen) atoms. The Labute approximate surface area is 101 Å². The molecule has 1 fully saturated rings. The molecule has 94 valence electrons. The normalized spacial score (nSPS) is 16.8. The lowest BCUT2D eigenvalue weighted by Crippen LogP contribution is -2.32. The Balaban J connectivity index is 2.02. The van der Waals surface area contributed by atoms with Gasteiger partial charge in [-0.1, -0.05) is 12.5 Å². The molecule has 0 atom stereocenters. The summed E-state index contributed by atoms with van der Waals surface area (Å²) in [6.45, 7) is 0.880. The van der Waals surface area contributed by atoms with E-state index in [1.54, 1.807) is 6.07 Å². The number of aromatic nitrogens is 1. The van der Waals surface area contributed by atoms with E-state index in [1.165, 1.54) is 18.7 Å². The van der Waals surface area contributed by atoms with Crippen molar-refractivity contribution in [3.8, 4) is 0 Å². The van der Waals surface area contributed by atoms with Gasteiger partial charge in [-0.2, -0.15) is 0 Å².